The van der Waals surface area contributed by atoms with Crippen LogP contribution in [0.2, 0.25) is 0 Å². The van der Waals surface area contributed by atoms with E-state index in [0.717, 1.165) is 19.4 Å². The van der Waals surface area contributed by atoms with Crippen LogP contribution in [0.3, 0.4) is 0 Å². The van der Waals surface area contributed by atoms with Crippen molar-refractivity contribution in [3.63, 3.8) is 0 Å². The molecule has 1 saturated carbocycles. The van der Waals surface area contributed by atoms with Gasteiger partial charge >= 0.3 is 0 Å². The van der Waals surface area contributed by atoms with E-state index in [0.29, 0.717) is 6.04 Å². The first-order chi connectivity index (χ1) is 7.18. The smallest absolute Gasteiger partial charge is 0.236 e. The molecule has 0 N–H and O–H groups in total. The molecule has 2 nitrogen and oxygen atoms in total. The van der Waals surface area contributed by atoms with Gasteiger partial charge in [-0.2, -0.15) is 0 Å². The van der Waals surface area contributed by atoms with Crippen molar-refractivity contribution in [3.05, 3.63) is 22.4 Å². The molecule has 1 aromatic rings. The lowest BCUT2D eigenvalue weighted by Crippen LogP contribution is -2.36. The molecule has 1 unspecified atom stereocenters. The van der Waals surface area contributed by atoms with Gasteiger partial charge in [-0.05, 0) is 31.2 Å². The van der Waals surface area contributed by atoms with Gasteiger partial charge < -0.3 is 4.90 Å². The maximum Gasteiger partial charge on any atom is 0.236 e. The van der Waals surface area contributed by atoms with Gasteiger partial charge in [0.2, 0.25) is 5.91 Å². The molecule has 0 aromatic carbocycles. The summed E-state index contributed by atoms with van der Waals surface area (Å²) >= 11 is 5.07. The van der Waals surface area contributed by atoms with Gasteiger partial charge in [0.05, 0.1) is 11.4 Å². The van der Waals surface area contributed by atoms with Gasteiger partial charge in [-0.25, -0.2) is 0 Å². The highest BCUT2D eigenvalue weighted by atomic mass is 79.9. The lowest BCUT2D eigenvalue weighted by molar-refractivity contribution is -0.131. The number of thiophene rings is 1. The fraction of sp³-hybridized carbons (Fsp3) is 0.545. The van der Waals surface area contributed by atoms with Crippen LogP contribution in [0.25, 0.3) is 0 Å². The molecule has 1 aliphatic carbocycles. The predicted molar refractivity (Wildman–Crippen MR) is 66.3 cm³/mol. The fourth-order valence-corrected chi connectivity index (χ4v) is 2.54. The zero-order valence-electron chi connectivity index (χ0n) is 8.65. The van der Waals surface area contributed by atoms with Gasteiger partial charge in [-0.3, -0.25) is 4.79 Å². The third kappa shape index (κ3) is 2.82. The molecule has 1 amide bonds. The Labute approximate surface area is 102 Å². The number of carbonyl (C=O) groups is 1. The lowest BCUT2D eigenvalue weighted by Gasteiger charge is -2.23. The van der Waals surface area contributed by atoms with Crippen LogP contribution in [0, 0.1) is 0 Å². The number of hydrogen-bond donors (Lipinski definition) is 0. The lowest BCUT2D eigenvalue weighted by atomic mass is 10.3. The topological polar surface area (TPSA) is 20.3 Å². The van der Waals surface area contributed by atoms with Gasteiger partial charge in [0.15, 0.2) is 0 Å². The van der Waals surface area contributed by atoms with Crippen LogP contribution >= 0.6 is 27.3 Å². The minimum Gasteiger partial charge on any atom is -0.334 e. The Morgan fingerprint density at radius 1 is 1.73 bits per heavy atom. The van der Waals surface area contributed by atoms with Crippen molar-refractivity contribution in [3.8, 4) is 0 Å². The van der Waals surface area contributed by atoms with E-state index in [1.807, 2.05) is 17.9 Å². The number of alkyl halides is 1. The second-order valence-electron chi connectivity index (χ2n) is 3.89. The number of hydrogen-bond acceptors (Lipinski definition) is 2. The molecule has 4 heteroatoms. The SMILES string of the molecule is CC(Br)C(=O)N(Cc1cccs1)C1CC1. The molecule has 82 valence electrons. The Bertz CT molecular complexity index is 332. The quantitative estimate of drug-likeness (QED) is 0.780. The monoisotopic (exact) mass is 287 g/mol. The number of rotatable bonds is 4. The van der Waals surface area contributed by atoms with Crippen LogP contribution < -0.4 is 0 Å². The van der Waals surface area contributed by atoms with Gasteiger partial charge in [0.25, 0.3) is 0 Å². The summed E-state index contributed by atoms with van der Waals surface area (Å²) in [4.78, 5) is 15.1. The average molecular weight is 288 g/mol. The van der Waals surface area contributed by atoms with Crippen molar-refractivity contribution < 1.29 is 4.79 Å². The summed E-state index contributed by atoms with van der Waals surface area (Å²) in [5, 5.41) is 2.06. The summed E-state index contributed by atoms with van der Waals surface area (Å²) in [6.07, 6.45) is 2.33. The minimum absolute atomic E-state index is 0.0712. The Hall–Kier alpha value is -0.350. The van der Waals surface area contributed by atoms with Crippen molar-refractivity contribution in [2.75, 3.05) is 0 Å². The van der Waals surface area contributed by atoms with Gasteiger partial charge in [0.1, 0.15) is 0 Å². The van der Waals surface area contributed by atoms with Crippen molar-refractivity contribution >= 4 is 33.2 Å². The van der Waals surface area contributed by atoms with Crippen LogP contribution in [0.4, 0.5) is 0 Å². The normalized spacial score (nSPS) is 17.5. The average Bonchev–Trinajstić information content (AvgIpc) is 2.92. The summed E-state index contributed by atoms with van der Waals surface area (Å²) < 4.78 is 0. The summed E-state index contributed by atoms with van der Waals surface area (Å²) in [6.45, 7) is 2.67. The van der Waals surface area contributed by atoms with Crippen molar-refractivity contribution in [1.29, 1.82) is 0 Å². The Kier molecular flexibility index (Phi) is 3.46. The Morgan fingerprint density at radius 2 is 2.47 bits per heavy atom. The zero-order valence-corrected chi connectivity index (χ0v) is 11.1. The second-order valence-corrected chi connectivity index (χ2v) is 6.30. The molecule has 0 radical (unpaired) electrons. The molecule has 1 aliphatic rings. The molecule has 15 heavy (non-hydrogen) atoms. The molecule has 1 aromatic heterocycles. The highest BCUT2D eigenvalue weighted by Crippen LogP contribution is 2.30. The van der Waals surface area contributed by atoms with E-state index in [4.69, 9.17) is 0 Å². The molecule has 1 heterocycles. The first kappa shape index (κ1) is 11.1. The van der Waals surface area contributed by atoms with E-state index in [-0.39, 0.29) is 10.7 Å². The van der Waals surface area contributed by atoms with E-state index in [9.17, 15) is 4.79 Å². The number of nitrogens with zero attached hydrogens (tertiary/aromatic N) is 1. The van der Waals surface area contributed by atoms with E-state index in [1.165, 1.54) is 4.88 Å². The maximum atomic E-state index is 11.9. The molecular formula is C11H14BrNOS. The zero-order chi connectivity index (χ0) is 10.8. The third-order valence-electron chi connectivity index (χ3n) is 2.52. The van der Waals surface area contributed by atoms with E-state index >= 15 is 0 Å². The number of halogens is 1. The second kappa shape index (κ2) is 4.66. The van der Waals surface area contributed by atoms with E-state index in [2.05, 4.69) is 27.4 Å². The van der Waals surface area contributed by atoms with Crippen molar-refractivity contribution in [1.82, 2.24) is 4.90 Å². The summed E-state index contributed by atoms with van der Waals surface area (Å²) in [5.41, 5.74) is 0. The van der Waals surface area contributed by atoms with E-state index in [1.54, 1.807) is 11.3 Å². The first-order valence-electron chi connectivity index (χ1n) is 5.15. The molecular weight excluding hydrogens is 274 g/mol. The van der Waals surface area contributed by atoms with Gasteiger partial charge in [0, 0.05) is 10.9 Å². The van der Waals surface area contributed by atoms with Crippen LogP contribution in [0.1, 0.15) is 24.6 Å². The molecule has 2 rings (SSSR count). The molecule has 1 fully saturated rings. The van der Waals surface area contributed by atoms with Gasteiger partial charge in [-0.15, -0.1) is 11.3 Å². The van der Waals surface area contributed by atoms with Crippen molar-refractivity contribution in [2.45, 2.75) is 37.2 Å². The minimum atomic E-state index is -0.0712. The van der Waals surface area contributed by atoms with Crippen LogP contribution in [-0.2, 0) is 11.3 Å². The molecule has 0 bridgehead atoms. The Balaban J connectivity index is 2.03. The molecule has 0 spiro atoms. The molecule has 1 atom stereocenters. The molecule has 0 aliphatic heterocycles. The summed E-state index contributed by atoms with van der Waals surface area (Å²) in [5.74, 6) is 0.214. The van der Waals surface area contributed by atoms with Crippen LogP contribution in [-0.4, -0.2) is 21.7 Å². The van der Waals surface area contributed by atoms with Crippen LogP contribution in [0.15, 0.2) is 17.5 Å². The summed E-state index contributed by atoms with van der Waals surface area (Å²) in [6, 6.07) is 4.61. The highest BCUT2D eigenvalue weighted by molar-refractivity contribution is 9.10. The molecule has 0 saturated heterocycles. The van der Waals surface area contributed by atoms with Gasteiger partial charge in [-0.1, -0.05) is 22.0 Å². The van der Waals surface area contributed by atoms with Crippen LogP contribution in [0.5, 0.6) is 0 Å². The van der Waals surface area contributed by atoms with E-state index < -0.39 is 0 Å². The third-order valence-corrected chi connectivity index (χ3v) is 3.77. The number of amides is 1. The first-order valence-corrected chi connectivity index (χ1v) is 6.95. The van der Waals surface area contributed by atoms with Crippen molar-refractivity contribution in [2.24, 2.45) is 0 Å². The fourth-order valence-electron chi connectivity index (χ4n) is 1.57. The summed E-state index contributed by atoms with van der Waals surface area (Å²) in [7, 11) is 0. The predicted octanol–water partition coefficient (Wildman–Crippen LogP) is 3.02. The standard InChI is InChI=1S/C11H14BrNOS/c1-8(12)11(14)13(9-4-5-9)7-10-3-2-6-15-10/h2-3,6,8-9H,4-5,7H2,1H3. The maximum absolute atomic E-state index is 11.9. The number of carbonyl (C=O) groups excluding carboxylic acids is 1. The Morgan fingerprint density at radius 3 is 2.93 bits per heavy atom. The largest absolute Gasteiger partial charge is 0.334 e. The highest BCUT2D eigenvalue weighted by Gasteiger charge is 2.33.